The molecule has 3 heterocycles. The molecule has 0 amide bonds. The van der Waals surface area contributed by atoms with Gasteiger partial charge in [-0.05, 0) is 12.1 Å². The standard InChI is InChI=1S/C12H6F3N3OS/c13-12(14,15)6-5-20-11-8(6)10(19)17-9(18-11)7-3-1-2-4-16-7/h1-5H,(H,17,18,19). The Labute approximate surface area is 113 Å². The van der Waals surface area contributed by atoms with Crippen molar-refractivity contribution in [1.82, 2.24) is 15.0 Å². The van der Waals surface area contributed by atoms with Crippen molar-refractivity contribution in [3.05, 3.63) is 45.7 Å². The van der Waals surface area contributed by atoms with Gasteiger partial charge in [-0.25, -0.2) is 4.98 Å². The molecule has 0 saturated carbocycles. The van der Waals surface area contributed by atoms with Crippen LogP contribution in [0.2, 0.25) is 0 Å². The zero-order valence-corrected chi connectivity index (χ0v) is 10.5. The summed E-state index contributed by atoms with van der Waals surface area (Å²) >= 11 is 0.785. The largest absolute Gasteiger partial charge is 0.418 e. The van der Waals surface area contributed by atoms with E-state index in [1.165, 1.54) is 6.20 Å². The maximum Gasteiger partial charge on any atom is 0.418 e. The van der Waals surface area contributed by atoms with E-state index in [9.17, 15) is 18.0 Å². The van der Waals surface area contributed by atoms with Gasteiger partial charge in [0.1, 0.15) is 10.5 Å². The third kappa shape index (κ3) is 2.07. The second kappa shape index (κ2) is 4.41. The predicted molar refractivity (Wildman–Crippen MR) is 68.5 cm³/mol. The predicted octanol–water partition coefficient (Wildman–Crippen LogP) is 3.07. The minimum atomic E-state index is -4.57. The molecule has 0 aromatic carbocycles. The molecule has 0 aliphatic heterocycles. The van der Waals surface area contributed by atoms with Crippen LogP contribution in [0.5, 0.6) is 0 Å². The van der Waals surface area contributed by atoms with Crippen LogP contribution in [0.15, 0.2) is 34.6 Å². The third-order valence-corrected chi connectivity index (χ3v) is 3.53. The van der Waals surface area contributed by atoms with Crippen LogP contribution in [0, 0.1) is 0 Å². The van der Waals surface area contributed by atoms with Gasteiger partial charge in [0.05, 0.1) is 10.9 Å². The van der Waals surface area contributed by atoms with E-state index in [0.29, 0.717) is 5.69 Å². The minimum absolute atomic E-state index is 0.0433. The van der Waals surface area contributed by atoms with Crippen LogP contribution < -0.4 is 5.56 Å². The highest BCUT2D eigenvalue weighted by Crippen LogP contribution is 2.36. The molecule has 4 nitrogen and oxygen atoms in total. The summed E-state index contributed by atoms with van der Waals surface area (Å²) in [7, 11) is 0. The summed E-state index contributed by atoms with van der Waals surface area (Å²) in [6, 6.07) is 5.00. The molecule has 0 bridgehead atoms. The molecule has 0 unspecified atom stereocenters. The number of alkyl halides is 3. The summed E-state index contributed by atoms with van der Waals surface area (Å²) < 4.78 is 38.3. The fraction of sp³-hybridized carbons (Fsp3) is 0.0833. The topological polar surface area (TPSA) is 58.6 Å². The van der Waals surface area contributed by atoms with Crippen molar-refractivity contribution in [1.29, 1.82) is 0 Å². The van der Waals surface area contributed by atoms with Crippen LogP contribution in [-0.2, 0) is 6.18 Å². The molecule has 3 rings (SSSR count). The zero-order chi connectivity index (χ0) is 14.3. The molecule has 20 heavy (non-hydrogen) atoms. The first kappa shape index (κ1) is 12.8. The van der Waals surface area contributed by atoms with Crippen molar-refractivity contribution in [3.8, 4) is 11.5 Å². The Morgan fingerprint density at radius 1 is 1.25 bits per heavy atom. The van der Waals surface area contributed by atoms with Crippen LogP contribution in [0.25, 0.3) is 21.7 Å². The van der Waals surface area contributed by atoms with Crippen molar-refractivity contribution in [2.45, 2.75) is 6.18 Å². The summed E-state index contributed by atoms with van der Waals surface area (Å²) in [5, 5.41) is 0.469. The second-order valence-electron chi connectivity index (χ2n) is 3.96. The number of hydrogen-bond acceptors (Lipinski definition) is 4. The van der Waals surface area contributed by atoms with Gasteiger partial charge in [-0.2, -0.15) is 13.2 Å². The minimum Gasteiger partial charge on any atom is -0.305 e. The average molecular weight is 297 g/mol. The van der Waals surface area contributed by atoms with E-state index < -0.39 is 22.7 Å². The third-order valence-electron chi connectivity index (χ3n) is 2.66. The Hall–Kier alpha value is -2.22. The maximum atomic E-state index is 12.8. The number of pyridine rings is 1. The normalized spacial score (nSPS) is 11.9. The number of nitrogens with one attached hydrogen (secondary N) is 1. The Morgan fingerprint density at radius 2 is 2.05 bits per heavy atom. The number of nitrogens with zero attached hydrogens (tertiary/aromatic N) is 2. The van der Waals surface area contributed by atoms with E-state index in [4.69, 9.17) is 0 Å². The number of aromatic amines is 1. The highest BCUT2D eigenvalue weighted by Gasteiger charge is 2.35. The van der Waals surface area contributed by atoms with Crippen molar-refractivity contribution in [2.24, 2.45) is 0 Å². The first-order valence-electron chi connectivity index (χ1n) is 5.47. The number of halogens is 3. The van der Waals surface area contributed by atoms with Gasteiger partial charge >= 0.3 is 6.18 Å². The van der Waals surface area contributed by atoms with Crippen LogP contribution in [0.1, 0.15) is 5.56 Å². The molecule has 0 radical (unpaired) electrons. The summed E-state index contributed by atoms with van der Waals surface area (Å²) in [5.74, 6) is 0.152. The number of hydrogen-bond donors (Lipinski definition) is 1. The second-order valence-corrected chi connectivity index (χ2v) is 4.81. The van der Waals surface area contributed by atoms with Crippen LogP contribution in [0.4, 0.5) is 13.2 Å². The SMILES string of the molecule is O=c1[nH]c(-c2ccccn2)nc2scc(C(F)(F)F)c12. The smallest absolute Gasteiger partial charge is 0.305 e. The van der Waals surface area contributed by atoms with E-state index in [-0.39, 0.29) is 10.7 Å². The van der Waals surface area contributed by atoms with Gasteiger partial charge in [0, 0.05) is 11.6 Å². The Balaban J connectivity index is 2.26. The van der Waals surface area contributed by atoms with E-state index >= 15 is 0 Å². The fourth-order valence-electron chi connectivity index (χ4n) is 1.78. The number of thiophene rings is 1. The molecule has 0 aliphatic rings. The van der Waals surface area contributed by atoms with Gasteiger partial charge < -0.3 is 4.98 Å². The van der Waals surface area contributed by atoms with Crippen molar-refractivity contribution >= 4 is 21.6 Å². The van der Waals surface area contributed by atoms with Gasteiger partial charge in [-0.3, -0.25) is 9.78 Å². The molecule has 0 saturated heterocycles. The number of aromatic nitrogens is 3. The number of rotatable bonds is 1. The lowest BCUT2D eigenvalue weighted by Gasteiger charge is -2.04. The lowest BCUT2D eigenvalue weighted by atomic mass is 10.2. The molecule has 0 fully saturated rings. The van der Waals surface area contributed by atoms with E-state index in [1.54, 1.807) is 18.2 Å². The highest BCUT2D eigenvalue weighted by molar-refractivity contribution is 7.16. The summed E-state index contributed by atoms with van der Waals surface area (Å²) in [6.07, 6.45) is -3.06. The molecule has 3 aromatic rings. The molecule has 1 N–H and O–H groups in total. The van der Waals surface area contributed by atoms with Gasteiger partial charge in [0.25, 0.3) is 5.56 Å². The van der Waals surface area contributed by atoms with Gasteiger partial charge in [0.2, 0.25) is 0 Å². The lowest BCUT2D eigenvalue weighted by molar-refractivity contribution is -0.136. The monoisotopic (exact) mass is 297 g/mol. The van der Waals surface area contributed by atoms with Crippen LogP contribution in [0.3, 0.4) is 0 Å². The molecule has 102 valence electrons. The Bertz CT molecular complexity index is 823. The molecular formula is C12H6F3N3OS. The van der Waals surface area contributed by atoms with Crippen LogP contribution in [-0.4, -0.2) is 15.0 Å². The fourth-order valence-corrected chi connectivity index (χ4v) is 2.73. The quantitative estimate of drug-likeness (QED) is 0.751. The number of H-pyrrole nitrogens is 1. The Kier molecular flexibility index (Phi) is 2.82. The van der Waals surface area contributed by atoms with Crippen molar-refractivity contribution in [3.63, 3.8) is 0 Å². The molecule has 8 heteroatoms. The van der Waals surface area contributed by atoms with Crippen LogP contribution >= 0.6 is 11.3 Å². The zero-order valence-electron chi connectivity index (χ0n) is 9.73. The summed E-state index contributed by atoms with van der Waals surface area (Å²) in [6.45, 7) is 0. The van der Waals surface area contributed by atoms with E-state index in [0.717, 1.165) is 16.7 Å². The molecule has 0 spiro atoms. The molecule has 0 aliphatic carbocycles. The molecule has 3 aromatic heterocycles. The molecule has 0 atom stereocenters. The number of fused-ring (bicyclic) bond motifs is 1. The Morgan fingerprint density at radius 3 is 2.70 bits per heavy atom. The highest BCUT2D eigenvalue weighted by atomic mass is 32.1. The first-order valence-corrected chi connectivity index (χ1v) is 6.35. The van der Waals surface area contributed by atoms with Gasteiger partial charge in [0.15, 0.2) is 5.82 Å². The van der Waals surface area contributed by atoms with Gasteiger partial charge in [-0.15, -0.1) is 11.3 Å². The maximum absolute atomic E-state index is 12.8. The summed E-state index contributed by atoms with van der Waals surface area (Å²) in [5.41, 5.74) is -1.38. The first-order chi connectivity index (χ1) is 9.47. The van der Waals surface area contributed by atoms with Crippen molar-refractivity contribution in [2.75, 3.05) is 0 Å². The molecular weight excluding hydrogens is 291 g/mol. The van der Waals surface area contributed by atoms with Gasteiger partial charge in [-0.1, -0.05) is 6.07 Å². The summed E-state index contributed by atoms with van der Waals surface area (Å²) in [4.78, 5) is 22.3. The van der Waals surface area contributed by atoms with E-state index in [2.05, 4.69) is 15.0 Å². The lowest BCUT2D eigenvalue weighted by Crippen LogP contribution is -2.14. The average Bonchev–Trinajstić information content (AvgIpc) is 2.84. The van der Waals surface area contributed by atoms with Crippen molar-refractivity contribution < 1.29 is 13.2 Å². The van der Waals surface area contributed by atoms with E-state index in [1.807, 2.05) is 0 Å².